The van der Waals surface area contributed by atoms with Gasteiger partial charge in [-0.25, -0.2) is 15.0 Å². The largest absolute Gasteiger partial charge is 0.322 e. The van der Waals surface area contributed by atoms with Gasteiger partial charge in [-0.05, 0) is 36.6 Å². The van der Waals surface area contributed by atoms with Crippen LogP contribution < -0.4 is 21.3 Å². The molecular weight excluding hydrogens is 438 g/mol. The Labute approximate surface area is 200 Å². The van der Waals surface area contributed by atoms with Crippen molar-refractivity contribution in [2.75, 3.05) is 16.8 Å². The fourth-order valence-corrected chi connectivity index (χ4v) is 5.67. The molecule has 1 spiro atoms. The van der Waals surface area contributed by atoms with Crippen LogP contribution in [0.1, 0.15) is 17.5 Å². The summed E-state index contributed by atoms with van der Waals surface area (Å²) in [6.07, 6.45) is 1.99. The van der Waals surface area contributed by atoms with E-state index < -0.39 is 5.66 Å². The monoisotopic (exact) mass is 457 g/mol. The van der Waals surface area contributed by atoms with Gasteiger partial charge in [-0.3, -0.25) is 9.36 Å². The van der Waals surface area contributed by atoms with Crippen LogP contribution in [0.15, 0.2) is 87.8 Å². The van der Waals surface area contributed by atoms with Gasteiger partial charge in [0.05, 0.1) is 5.69 Å². The first kappa shape index (κ1) is 18.8. The van der Waals surface area contributed by atoms with Crippen molar-refractivity contribution < 1.29 is 4.79 Å². The van der Waals surface area contributed by atoms with Crippen LogP contribution in [0.4, 0.5) is 17.1 Å². The fraction of sp³-hybridized carbons (Fsp3) is 0.148. The van der Waals surface area contributed by atoms with Crippen LogP contribution in [0.5, 0.6) is 0 Å². The molecule has 35 heavy (non-hydrogen) atoms. The molecule has 0 unspecified atom stereocenters. The molecule has 5 heterocycles. The maximum absolute atomic E-state index is 13.8. The van der Waals surface area contributed by atoms with Crippen molar-refractivity contribution in [3.05, 3.63) is 95.0 Å². The molecule has 0 fully saturated rings. The summed E-state index contributed by atoms with van der Waals surface area (Å²) in [6.45, 7) is 0.770. The summed E-state index contributed by atoms with van der Waals surface area (Å²) in [5.41, 5.74) is 6.02. The van der Waals surface area contributed by atoms with Gasteiger partial charge in [0.1, 0.15) is 5.69 Å². The van der Waals surface area contributed by atoms with Crippen molar-refractivity contribution in [3.63, 3.8) is 0 Å². The van der Waals surface area contributed by atoms with Gasteiger partial charge in [0, 0.05) is 29.0 Å². The summed E-state index contributed by atoms with van der Waals surface area (Å²) in [5.74, 6) is 0.262. The van der Waals surface area contributed by atoms with Crippen LogP contribution in [0.25, 0.3) is 11.3 Å². The van der Waals surface area contributed by atoms with E-state index in [1.807, 2.05) is 59.2 Å². The Morgan fingerprint density at radius 2 is 1.74 bits per heavy atom. The van der Waals surface area contributed by atoms with E-state index in [1.165, 1.54) is 5.56 Å². The minimum absolute atomic E-state index is 0.232. The van der Waals surface area contributed by atoms with Crippen LogP contribution in [-0.4, -0.2) is 28.0 Å². The Balaban J connectivity index is 1.45. The Morgan fingerprint density at radius 1 is 0.914 bits per heavy atom. The van der Waals surface area contributed by atoms with Crippen molar-refractivity contribution in [2.24, 2.45) is 15.0 Å². The van der Waals surface area contributed by atoms with Gasteiger partial charge in [-0.2, -0.15) is 4.99 Å². The molecule has 3 aromatic carbocycles. The van der Waals surface area contributed by atoms with Gasteiger partial charge in [-0.1, -0.05) is 54.6 Å². The number of aromatic nitrogens is 2. The molecule has 1 N–H and O–H groups in total. The lowest BCUT2D eigenvalue weighted by atomic mass is 10.00. The number of anilines is 2. The quantitative estimate of drug-likeness (QED) is 0.388. The maximum Gasteiger partial charge on any atom is 0.278 e. The van der Waals surface area contributed by atoms with Gasteiger partial charge in [0.2, 0.25) is 11.6 Å². The third kappa shape index (κ3) is 2.33. The van der Waals surface area contributed by atoms with Crippen molar-refractivity contribution in [2.45, 2.75) is 18.5 Å². The number of benzene rings is 3. The zero-order valence-corrected chi connectivity index (χ0v) is 18.6. The van der Waals surface area contributed by atoms with E-state index in [1.54, 1.807) is 0 Å². The molecule has 1 amide bonds. The van der Waals surface area contributed by atoms with E-state index >= 15 is 0 Å². The molecule has 4 aliphatic rings. The summed E-state index contributed by atoms with van der Waals surface area (Å²) in [4.78, 5) is 35.8. The average Bonchev–Trinajstić information content (AvgIpc) is 3.52. The number of rotatable bonds is 0. The number of imidazole rings is 1. The number of hydrogen-bond acceptors (Lipinski definition) is 6. The minimum atomic E-state index is -1.37. The molecule has 0 radical (unpaired) electrons. The van der Waals surface area contributed by atoms with Crippen molar-refractivity contribution >= 4 is 28.9 Å². The first-order valence-corrected chi connectivity index (χ1v) is 11.8. The molecule has 0 saturated heterocycles. The Morgan fingerprint density at radius 3 is 2.71 bits per heavy atom. The van der Waals surface area contributed by atoms with Crippen LogP contribution in [0.2, 0.25) is 0 Å². The summed E-state index contributed by atoms with van der Waals surface area (Å²) < 4.78 is 1.81. The van der Waals surface area contributed by atoms with Gasteiger partial charge in [-0.15, -0.1) is 0 Å². The zero-order chi connectivity index (χ0) is 23.1. The molecule has 0 bridgehead atoms. The van der Waals surface area contributed by atoms with Crippen LogP contribution in [0, 0.1) is 0 Å². The molecule has 4 aromatic rings. The normalized spacial score (nSPS) is 20.6. The molecule has 0 saturated carbocycles. The van der Waals surface area contributed by atoms with E-state index in [-0.39, 0.29) is 5.91 Å². The van der Waals surface area contributed by atoms with Gasteiger partial charge < -0.3 is 10.2 Å². The molecule has 168 valence electrons. The zero-order valence-electron chi connectivity index (χ0n) is 18.6. The molecule has 4 aliphatic heterocycles. The van der Waals surface area contributed by atoms with E-state index in [0.29, 0.717) is 17.1 Å². The second-order valence-electron chi connectivity index (χ2n) is 9.13. The van der Waals surface area contributed by atoms with Gasteiger partial charge in [0.25, 0.3) is 11.6 Å². The van der Waals surface area contributed by atoms with Gasteiger partial charge in [0.15, 0.2) is 5.49 Å². The minimum Gasteiger partial charge on any atom is -0.322 e. The standard InChI is InChI=1S/C27H19N7O/c35-24-27(18-11-3-5-13-20(18)29-24)32-26(33-15-7-9-16-8-1-6-14-21(16)33)31-25-30-22-17-10-2-4-12-19(17)28-23(22)34(25)27/h1-6,8,10-14H,7,9,15H2,(H,29,35)/t27-/m1/s1. The number of hydrogen-bond donors (Lipinski definition) is 1. The molecule has 1 aromatic heterocycles. The summed E-state index contributed by atoms with van der Waals surface area (Å²) >= 11 is 0. The number of aryl methyl sites for hydroxylation is 1. The lowest BCUT2D eigenvalue weighted by Gasteiger charge is -2.34. The second kappa shape index (κ2) is 6.50. The van der Waals surface area contributed by atoms with Crippen molar-refractivity contribution in [1.29, 1.82) is 0 Å². The average molecular weight is 457 g/mol. The first-order valence-electron chi connectivity index (χ1n) is 11.8. The number of guanidine groups is 1. The van der Waals surface area contributed by atoms with E-state index in [4.69, 9.17) is 20.0 Å². The number of amides is 1. The Bertz CT molecular complexity index is 1750. The van der Waals surface area contributed by atoms with E-state index in [9.17, 15) is 4.79 Å². The first-order chi connectivity index (χ1) is 17.2. The summed E-state index contributed by atoms with van der Waals surface area (Å²) in [5, 5.41) is 3.05. The van der Waals surface area contributed by atoms with Crippen LogP contribution in [0.3, 0.4) is 0 Å². The number of fused-ring (bicyclic) bond motifs is 9. The predicted octanol–water partition coefficient (Wildman–Crippen LogP) is 2.91. The number of carbonyl (C=O) groups is 1. The van der Waals surface area contributed by atoms with Gasteiger partial charge >= 0.3 is 0 Å². The number of aliphatic imine (C=N–C) groups is 1. The third-order valence-corrected chi connectivity index (χ3v) is 7.23. The number of para-hydroxylation sites is 3. The highest BCUT2D eigenvalue weighted by Gasteiger charge is 2.53. The predicted molar refractivity (Wildman–Crippen MR) is 131 cm³/mol. The fourth-order valence-electron chi connectivity index (χ4n) is 5.67. The second-order valence-corrected chi connectivity index (χ2v) is 9.13. The number of nitrogens with one attached hydrogen (secondary N) is 1. The maximum atomic E-state index is 13.8. The van der Waals surface area contributed by atoms with E-state index in [0.717, 1.165) is 53.3 Å². The third-order valence-electron chi connectivity index (χ3n) is 7.23. The highest BCUT2D eigenvalue weighted by atomic mass is 16.2. The van der Waals surface area contributed by atoms with Crippen LogP contribution in [-0.2, 0) is 16.9 Å². The highest BCUT2D eigenvalue weighted by molar-refractivity contribution is 6.09. The highest BCUT2D eigenvalue weighted by Crippen LogP contribution is 2.42. The van der Waals surface area contributed by atoms with Crippen molar-refractivity contribution in [1.82, 2.24) is 9.55 Å². The molecular formula is C27H19N7O. The molecule has 1 atom stereocenters. The van der Waals surface area contributed by atoms with E-state index in [2.05, 4.69) is 28.4 Å². The lowest BCUT2D eigenvalue weighted by molar-refractivity contribution is -0.121. The Kier molecular flexibility index (Phi) is 3.49. The molecule has 8 rings (SSSR count). The Hall–Kier alpha value is -4.59. The summed E-state index contributed by atoms with van der Waals surface area (Å²) in [7, 11) is 0. The molecule has 0 aliphatic carbocycles. The van der Waals surface area contributed by atoms with Crippen LogP contribution >= 0.6 is 0 Å². The van der Waals surface area contributed by atoms with Crippen molar-refractivity contribution in [3.8, 4) is 11.3 Å². The smallest absolute Gasteiger partial charge is 0.278 e. The molecule has 8 heteroatoms. The number of carbonyl (C=O) groups excluding carboxylic acids is 1. The molecule has 8 nitrogen and oxygen atoms in total. The SMILES string of the molecule is O=C1Nc2ccccc2[C@]12N=C(N1CCCc3ccccc31)N=c1nc3c(n12)=Nc1ccccc1-3. The number of nitrogens with zero attached hydrogens (tertiary/aromatic N) is 6. The topological polar surface area (TPSA) is 87.2 Å². The lowest BCUT2D eigenvalue weighted by Crippen LogP contribution is -2.54. The summed E-state index contributed by atoms with van der Waals surface area (Å²) in [6, 6.07) is 23.9.